The number of sulfone groups is 1. The van der Waals surface area contributed by atoms with Gasteiger partial charge in [-0.15, -0.1) is 0 Å². The first kappa shape index (κ1) is 17.5. The van der Waals surface area contributed by atoms with Crippen molar-refractivity contribution in [2.24, 2.45) is 5.92 Å². The van der Waals surface area contributed by atoms with E-state index in [1.165, 1.54) is 24.3 Å². The highest BCUT2D eigenvalue weighted by Gasteiger charge is 2.30. The van der Waals surface area contributed by atoms with Crippen LogP contribution in [0.5, 0.6) is 0 Å². The van der Waals surface area contributed by atoms with E-state index in [0.29, 0.717) is 18.4 Å². The van der Waals surface area contributed by atoms with E-state index < -0.39 is 27.8 Å². The Hall–Kier alpha value is -1.89. The van der Waals surface area contributed by atoms with Crippen LogP contribution in [-0.4, -0.2) is 37.7 Å². The number of carbonyl (C=O) groups excluding carboxylic acids is 1. The molecule has 1 aliphatic carbocycles. The summed E-state index contributed by atoms with van der Waals surface area (Å²) in [7, 11) is -3.31. The Bertz CT molecular complexity index is 681. The molecule has 2 atom stereocenters. The molecule has 0 bridgehead atoms. The molecule has 126 valence electrons. The molecule has 6 nitrogen and oxygen atoms in total. The number of nitrogens with one attached hydrogen (secondary N) is 1. The second kappa shape index (κ2) is 7.12. The first-order valence-corrected chi connectivity index (χ1v) is 9.52. The topological polar surface area (TPSA) is 101 Å². The summed E-state index contributed by atoms with van der Waals surface area (Å²) in [5.74, 6) is -1.83. The molecule has 1 saturated carbocycles. The largest absolute Gasteiger partial charge is 0.481 e. The molecule has 0 unspecified atom stereocenters. The molecule has 0 heterocycles. The van der Waals surface area contributed by atoms with Crippen molar-refractivity contribution in [2.75, 3.05) is 6.26 Å². The molecule has 1 aromatic carbocycles. The van der Waals surface area contributed by atoms with Gasteiger partial charge in [-0.05, 0) is 37.1 Å². The van der Waals surface area contributed by atoms with Crippen molar-refractivity contribution in [1.82, 2.24) is 5.32 Å². The Morgan fingerprint density at radius 3 is 2.26 bits per heavy atom. The minimum Gasteiger partial charge on any atom is -0.481 e. The summed E-state index contributed by atoms with van der Waals surface area (Å²) in [6.07, 6.45) is 5.02. The fourth-order valence-corrected chi connectivity index (χ4v) is 3.51. The Morgan fingerprint density at radius 2 is 1.70 bits per heavy atom. The lowest BCUT2D eigenvalue weighted by atomic mass is 9.94. The number of amides is 1. The van der Waals surface area contributed by atoms with Crippen LogP contribution in [0.3, 0.4) is 0 Å². The Morgan fingerprint density at radius 1 is 1.09 bits per heavy atom. The van der Waals surface area contributed by atoms with Gasteiger partial charge in [0.05, 0.1) is 10.8 Å². The number of carbonyl (C=O) groups is 2. The predicted octanol–water partition coefficient (Wildman–Crippen LogP) is 1.85. The first-order valence-electron chi connectivity index (χ1n) is 7.63. The van der Waals surface area contributed by atoms with E-state index in [9.17, 15) is 23.1 Å². The van der Waals surface area contributed by atoms with Crippen molar-refractivity contribution in [1.29, 1.82) is 0 Å². The molecule has 2 rings (SSSR count). The standard InChI is InChI=1S/C16H21NO5S/c1-23(21,22)12-9-7-11(8-10-12)15(18)17-14-6-4-2-3-5-13(14)16(19)20/h7-10,13-14H,2-6H2,1H3,(H,17,18)(H,19,20)/t13-,14+/m1/s1. The van der Waals surface area contributed by atoms with Gasteiger partial charge >= 0.3 is 5.97 Å². The summed E-state index contributed by atoms with van der Waals surface area (Å²) in [5.41, 5.74) is 0.325. The number of carboxylic acid groups (broad SMARTS) is 1. The molecule has 1 fully saturated rings. The number of aliphatic carboxylic acids is 1. The summed E-state index contributed by atoms with van der Waals surface area (Å²) >= 11 is 0. The Labute approximate surface area is 135 Å². The number of rotatable bonds is 4. The lowest BCUT2D eigenvalue weighted by molar-refractivity contribution is -0.142. The van der Waals surface area contributed by atoms with Gasteiger partial charge in [-0.1, -0.05) is 19.3 Å². The van der Waals surface area contributed by atoms with Crippen molar-refractivity contribution < 1.29 is 23.1 Å². The molecule has 2 N–H and O–H groups in total. The van der Waals surface area contributed by atoms with Crippen molar-refractivity contribution >= 4 is 21.7 Å². The number of hydrogen-bond donors (Lipinski definition) is 2. The zero-order chi connectivity index (χ0) is 17.0. The third kappa shape index (κ3) is 4.54. The zero-order valence-electron chi connectivity index (χ0n) is 13.0. The molecule has 0 aliphatic heterocycles. The van der Waals surface area contributed by atoms with Crippen molar-refractivity contribution in [3.63, 3.8) is 0 Å². The molecule has 7 heteroatoms. The van der Waals surface area contributed by atoms with E-state index in [1.807, 2.05) is 0 Å². The van der Waals surface area contributed by atoms with Crippen LogP contribution < -0.4 is 5.32 Å². The third-order valence-electron chi connectivity index (χ3n) is 4.19. The van der Waals surface area contributed by atoms with E-state index >= 15 is 0 Å². The highest BCUT2D eigenvalue weighted by molar-refractivity contribution is 7.90. The van der Waals surface area contributed by atoms with Gasteiger partial charge < -0.3 is 10.4 Å². The fraction of sp³-hybridized carbons (Fsp3) is 0.500. The molecule has 0 aromatic heterocycles. The maximum absolute atomic E-state index is 12.3. The summed E-state index contributed by atoms with van der Waals surface area (Å²) in [6, 6.07) is 5.26. The Kier molecular flexibility index (Phi) is 5.41. The summed E-state index contributed by atoms with van der Waals surface area (Å²) < 4.78 is 22.8. The number of hydrogen-bond acceptors (Lipinski definition) is 4. The maximum Gasteiger partial charge on any atom is 0.308 e. The first-order chi connectivity index (χ1) is 10.8. The van der Waals surface area contributed by atoms with Crippen LogP contribution in [0.25, 0.3) is 0 Å². The van der Waals surface area contributed by atoms with E-state index in [-0.39, 0.29) is 10.8 Å². The fourth-order valence-electron chi connectivity index (χ4n) is 2.88. The molecular weight excluding hydrogens is 318 g/mol. The molecule has 1 aromatic rings. The Balaban J connectivity index is 2.12. The summed E-state index contributed by atoms with van der Waals surface area (Å²) in [5, 5.41) is 12.1. The predicted molar refractivity (Wildman–Crippen MR) is 85.0 cm³/mol. The van der Waals surface area contributed by atoms with Gasteiger partial charge in [0, 0.05) is 17.9 Å². The molecule has 0 radical (unpaired) electrons. The second-order valence-corrected chi connectivity index (χ2v) is 7.97. The van der Waals surface area contributed by atoms with Crippen LogP contribution >= 0.6 is 0 Å². The molecular formula is C16H21NO5S. The van der Waals surface area contributed by atoms with Crippen LogP contribution in [0.15, 0.2) is 29.2 Å². The maximum atomic E-state index is 12.3. The average molecular weight is 339 g/mol. The quantitative estimate of drug-likeness (QED) is 0.815. The minimum absolute atomic E-state index is 0.145. The second-order valence-electron chi connectivity index (χ2n) is 5.96. The average Bonchev–Trinajstić information content (AvgIpc) is 2.72. The normalized spacial score (nSPS) is 22.1. The van der Waals surface area contributed by atoms with Gasteiger partial charge in [0.15, 0.2) is 9.84 Å². The van der Waals surface area contributed by atoms with Crippen LogP contribution in [0, 0.1) is 5.92 Å². The number of benzene rings is 1. The SMILES string of the molecule is CS(=O)(=O)c1ccc(C(=O)N[C@H]2CCCCC[C@H]2C(=O)O)cc1. The molecule has 23 heavy (non-hydrogen) atoms. The smallest absolute Gasteiger partial charge is 0.308 e. The van der Waals surface area contributed by atoms with Gasteiger partial charge in [0.2, 0.25) is 0 Å². The lowest BCUT2D eigenvalue weighted by Gasteiger charge is -2.22. The van der Waals surface area contributed by atoms with Gasteiger partial charge in [0.1, 0.15) is 0 Å². The lowest BCUT2D eigenvalue weighted by Crippen LogP contribution is -2.42. The van der Waals surface area contributed by atoms with Crippen LogP contribution in [0.2, 0.25) is 0 Å². The number of carboxylic acids is 1. The summed E-state index contributed by atoms with van der Waals surface area (Å²) in [6.45, 7) is 0. The highest BCUT2D eigenvalue weighted by Crippen LogP contribution is 2.24. The zero-order valence-corrected chi connectivity index (χ0v) is 13.8. The van der Waals surface area contributed by atoms with Gasteiger partial charge in [-0.25, -0.2) is 8.42 Å². The van der Waals surface area contributed by atoms with E-state index in [0.717, 1.165) is 25.5 Å². The highest BCUT2D eigenvalue weighted by atomic mass is 32.2. The molecule has 1 amide bonds. The van der Waals surface area contributed by atoms with Gasteiger partial charge in [0.25, 0.3) is 5.91 Å². The molecule has 1 aliphatic rings. The van der Waals surface area contributed by atoms with Gasteiger partial charge in [-0.3, -0.25) is 9.59 Å². The molecule has 0 spiro atoms. The van der Waals surface area contributed by atoms with E-state index in [2.05, 4.69) is 5.32 Å². The van der Waals surface area contributed by atoms with Gasteiger partial charge in [-0.2, -0.15) is 0 Å². The van der Waals surface area contributed by atoms with Crippen molar-refractivity contribution in [2.45, 2.75) is 43.0 Å². The van der Waals surface area contributed by atoms with Crippen molar-refractivity contribution in [3.05, 3.63) is 29.8 Å². The minimum atomic E-state index is -3.31. The van der Waals surface area contributed by atoms with Crippen LogP contribution in [0.4, 0.5) is 0 Å². The van der Waals surface area contributed by atoms with Crippen LogP contribution in [0.1, 0.15) is 42.5 Å². The van der Waals surface area contributed by atoms with Crippen molar-refractivity contribution in [3.8, 4) is 0 Å². The third-order valence-corrected chi connectivity index (χ3v) is 5.32. The summed E-state index contributed by atoms with van der Waals surface area (Å²) in [4.78, 5) is 23.8. The van der Waals surface area contributed by atoms with Crippen LogP contribution in [-0.2, 0) is 14.6 Å². The van der Waals surface area contributed by atoms with E-state index in [4.69, 9.17) is 0 Å². The molecule has 0 saturated heterocycles. The monoisotopic (exact) mass is 339 g/mol. The van der Waals surface area contributed by atoms with E-state index in [1.54, 1.807) is 0 Å².